The van der Waals surface area contributed by atoms with Gasteiger partial charge in [0.05, 0.1) is 13.2 Å². The van der Waals surface area contributed by atoms with Crippen LogP contribution in [0.15, 0.2) is 46.9 Å². The molecule has 2 aromatic carbocycles. The minimum absolute atomic E-state index is 0.417. The average molecular weight is 335 g/mol. The Hall–Kier alpha value is -1.32. The van der Waals surface area contributed by atoms with Crippen LogP contribution in [-0.4, -0.2) is 18.3 Å². The van der Waals surface area contributed by atoms with E-state index >= 15 is 0 Å². The third-order valence-electron chi connectivity index (χ3n) is 3.25. The van der Waals surface area contributed by atoms with Gasteiger partial charge in [0.25, 0.3) is 0 Å². The number of methoxy groups -OCH3 is 1. The van der Waals surface area contributed by atoms with E-state index in [9.17, 15) is 5.11 Å². The van der Waals surface area contributed by atoms with Crippen LogP contribution in [0.2, 0.25) is 0 Å². The van der Waals surface area contributed by atoms with E-state index in [2.05, 4.69) is 35.0 Å². The number of aliphatic hydroxyl groups excluding tert-OH is 1. The lowest BCUT2D eigenvalue weighted by molar-refractivity contribution is 0.174. The predicted molar refractivity (Wildman–Crippen MR) is 85.3 cm³/mol. The molecular formula is C17H19BrO2. The molecule has 0 amide bonds. The van der Waals surface area contributed by atoms with Crippen LogP contribution < -0.4 is 4.74 Å². The van der Waals surface area contributed by atoms with Crippen LogP contribution in [0, 0.1) is 6.92 Å². The molecule has 0 aliphatic rings. The lowest BCUT2D eigenvalue weighted by Crippen LogP contribution is -2.14. The Bertz CT molecular complexity index is 581. The van der Waals surface area contributed by atoms with E-state index < -0.39 is 6.10 Å². The van der Waals surface area contributed by atoms with Gasteiger partial charge in [0.2, 0.25) is 0 Å². The Morgan fingerprint density at radius 2 is 1.95 bits per heavy atom. The number of rotatable bonds is 5. The highest BCUT2D eigenvalue weighted by Crippen LogP contribution is 2.24. The van der Waals surface area contributed by atoms with Gasteiger partial charge in [-0.15, -0.1) is 0 Å². The van der Waals surface area contributed by atoms with Crippen molar-refractivity contribution in [1.82, 2.24) is 0 Å². The van der Waals surface area contributed by atoms with Crippen molar-refractivity contribution in [1.29, 1.82) is 0 Å². The molecule has 0 radical (unpaired) electrons. The Morgan fingerprint density at radius 3 is 2.65 bits per heavy atom. The van der Waals surface area contributed by atoms with Gasteiger partial charge in [0.15, 0.2) is 0 Å². The molecule has 0 saturated carbocycles. The summed E-state index contributed by atoms with van der Waals surface area (Å²) in [5.74, 6) is 0.816. The van der Waals surface area contributed by atoms with Gasteiger partial charge in [-0.2, -0.15) is 0 Å². The molecule has 106 valence electrons. The first-order valence-electron chi connectivity index (χ1n) is 6.64. The van der Waals surface area contributed by atoms with Crippen molar-refractivity contribution in [3.63, 3.8) is 0 Å². The lowest BCUT2D eigenvalue weighted by atomic mass is 10.00. The largest absolute Gasteiger partial charge is 0.496 e. The number of hydrogen-bond donors (Lipinski definition) is 1. The Kier molecular flexibility index (Phi) is 5.21. The summed E-state index contributed by atoms with van der Waals surface area (Å²) < 4.78 is 6.33. The second kappa shape index (κ2) is 6.91. The molecule has 1 unspecified atom stereocenters. The summed E-state index contributed by atoms with van der Waals surface area (Å²) in [4.78, 5) is 0. The smallest absolute Gasteiger partial charge is 0.122 e. The molecule has 0 bridgehead atoms. The molecular weight excluding hydrogens is 316 g/mol. The molecule has 1 atom stereocenters. The molecule has 0 fully saturated rings. The SMILES string of the molecule is COc1ccc(Br)cc1CC(O)Cc1cccc(C)c1. The summed E-state index contributed by atoms with van der Waals surface area (Å²) in [6.07, 6.45) is 0.813. The van der Waals surface area contributed by atoms with Crippen molar-refractivity contribution in [2.75, 3.05) is 7.11 Å². The van der Waals surface area contributed by atoms with Crippen LogP contribution in [0.3, 0.4) is 0 Å². The van der Waals surface area contributed by atoms with Crippen LogP contribution in [0.4, 0.5) is 0 Å². The van der Waals surface area contributed by atoms with E-state index in [-0.39, 0.29) is 0 Å². The fourth-order valence-corrected chi connectivity index (χ4v) is 2.75. The maximum Gasteiger partial charge on any atom is 0.122 e. The quantitative estimate of drug-likeness (QED) is 0.898. The Morgan fingerprint density at radius 1 is 1.15 bits per heavy atom. The number of aryl methyl sites for hydroxylation is 1. The van der Waals surface area contributed by atoms with E-state index in [4.69, 9.17) is 4.74 Å². The van der Waals surface area contributed by atoms with Crippen LogP contribution in [-0.2, 0) is 12.8 Å². The first-order valence-corrected chi connectivity index (χ1v) is 7.44. The monoisotopic (exact) mass is 334 g/mol. The van der Waals surface area contributed by atoms with Crippen molar-refractivity contribution < 1.29 is 9.84 Å². The van der Waals surface area contributed by atoms with E-state index in [1.54, 1.807) is 7.11 Å². The van der Waals surface area contributed by atoms with E-state index in [1.807, 2.05) is 30.3 Å². The minimum atomic E-state index is -0.417. The van der Waals surface area contributed by atoms with Gasteiger partial charge in [-0.3, -0.25) is 0 Å². The normalized spacial score (nSPS) is 12.2. The fourth-order valence-electron chi connectivity index (χ4n) is 2.34. The van der Waals surface area contributed by atoms with Crippen LogP contribution in [0.5, 0.6) is 5.75 Å². The summed E-state index contributed by atoms with van der Waals surface area (Å²) in [6, 6.07) is 14.1. The molecule has 2 rings (SSSR count). The molecule has 0 aliphatic carbocycles. The molecule has 2 nitrogen and oxygen atoms in total. The minimum Gasteiger partial charge on any atom is -0.496 e. The number of aliphatic hydroxyl groups is 1. The number of halogens is 1. The zero-order valence-electron chi connectivity index (χ0n) is 11.8. The summed E-state index contributed by atoms with van der Waals surface area (Å²) in [5, 5.41) is 10.3. The molecule has 0 aromatic heterocycles. The molecule has 2 aromatic rings. The third kappa shape index (κ3) is 4.09. The van der Waals surface area contributed by atoms with Crippen molar-refractivity contribution in [3.8, 4) is 5.75 Å². The van der Waals surface area contributed by atoms with E-state index in [0.29, 0.717) is 12.8 Å². The van der Waals surface area contributed by atoms with Gasteiger partial charge < -0.3 is 9.84 Å². The maximum atomic E-state index is 10.3. The summed E-state index contributed by atoms with van der Waals surface area (Å²) in [7, 11) is 1.65. The van der Waals surface area contributed by atoms with Crippen molar-refractivity contribution in [2.45, 2.75) is 25.9 Å². The summed E-state index contributed by atoms with van der Waals surface area (Å²) >= 11 is 3.45. The summed E-state index contributed by atoms with van der Waals surface area (Å²) in [5.41, 5.74) is 3.39. The highest BCUT2D eigenvalue weighted by molar-refractivity contribution is 9.10. The number of ether oxygens (including phenoxy) is 1. The van der Waals surface area contributed by atoms with Gasteiger partial charge in [-0.1, -0.05) is 45.8 Å². The van der Waals surface area contributed by atoms with Gasteiger partial charge in [-0.05, 0) is 42.7 Å². The van der Waals surface area contributed by atoms with Crippen LogP contribution in [0.25, 0.3) is 0 Å². The van der Waals surface area contributed by atoms with Gasteiger partial charge >= 0.3 is 0 Å². The topological polar surface area (TPSA) is 29.5 Å². The van der Waals surface area contributed by atoms with E-state index in [1.165, 1.54) is 5.56 Å². The van der Waals surface area contributed by atoms with Crippen molar-refractivity contribution >= 4 is 15.9 Å². The lowest BCUT2D eigenvalue weighted by Gasteiger charge is -2.14. The average Bonchev–Trinajstić information content (AvgIpc) is 2.38. The molecule has 0 aliphatic heterocycles. The maximum absolute atomic E-state index is 10.3. The number of benzene rings is 2. The van der Waals surface area contributed by atoms with Gasteiger partial charge in [0, 0.05) is 10.9 Å². The molecule has 0 heterocycles. The predicted octanol–water partition coefficient (Wildman–Crippen LogP) is 3.91. The zero-order chi connectivity index (χ0) is 14.5. The fraction of sp³-hybridized carbons (Fsp3) is 0.294. The standard InChI is InChI=1S/C17H19BrO2/c1-12-4-3-5-13(8-12)9-16(19)11-14-10-15(18)6-7-17(14)20-2/h3-8,10,16,19H,9,11H2,1-2H3. The molecule has 3 heteroatoms. The van der Waals surface area contributed by atoms with E-state index in [0.717, 1.165) is 21.3 Å². The first-order chi connectivity index (χ1) is 9.58. The Labute approximate surface area is 128 Å². The second-order valence-electron chi connectivity index (χ2n) is 5.01. The molecule has 20 heavy (non-hydrogen) atoms. The molecule has 0 spiro atoms. The Balaban J connectivity index is 2.08. The first kappa shape index (κ1) is 15.1. The highest BCUT2D eigenvalue weighted by atomic mass is 79.9. The van der Waals surface area contributed by atoms with Gasteiger partial charge in [0.1, 0.15) is 5.75 Å². The third-order valence-corrected chi connectivity index (χ3v) is 3.75. The molecule has 0 saturated heterocycles. The number of hydrogen-bond acceptors (Lipinski definition) is 2. The molecule has 1 N–H and O–H groups in total. The van der Waals surface area contributed by atoms with Crippen molar-refractivity contribution in [2.24, 2.45) is 0 Å². The van der Waals surface area contributed by atoms with Crippen LogP contribution >= 0.6 is 15.9 Å². The van der Waals surface area contributed by atoms with Crippen LogP contribution in [0.1, 0.15) is 16.7 Å². The van der Waals surface area contributed by atoms with Crippen molar-refractivity contribution in [3.05, 3.63) is 63.6 Å². The highest BCUT2D eigenvalue weighted by Gasteiger charge is 2.11. The summed E-state index contributed by atoms with van der Waals surface area (Å²) in [6.45, 7) is 2.06. The second-order valence-corrected chi connectivity index (χ2v) is 5.92. The van der Waals surface area contributed by atoms with Gasteiger partial charge in [-0.25, -0.2) is 0 Å². The zero-order valence-corrected chi connectivity index (χ0v) is 13.4.